The number of amides is 1. The highest BCUT2D eigenvalue weighted by atomic mass is 19.1. The van der Waals surface area contributed by atoms with Crippen LogP contribution in [0.15, 0.2) is 18.2 Å². The summed E-state index contributed by atoms with van der Waals surface area (Å²) < 4.78 is 13.2. The maximum atomic E-state index is 13.2. The molecule has 0 aromatic heterocycles. The van der Waals surface area contributed by atoms with Gasteiger partial charge in [0, 0.05) is 24.8 Å². The summed E-state index contributed by atoms with van der Waals surface area (Å²) in [6.45, 7) is 6.41. The second kappa shape index (κ2) is 7.24. The Hall–Kier alpha value is -1.62. The van der Waals surface area contributed by atoms with Crippen LogP contribution < -0.4 is 10.2 Å². The van der Waals surface area contributed by atoms with Gasteiger partial charge in [0.2, 0.25) is 5.91 Å². The van der Waals surface area contributed by atoms with Crippen LogP contribution in [0.1, 0.15) is 32.4 Å². The fourth-order valence-electron chi connectivity index (χ4n) is 1.88. The van der Waals surface area contributed by atoms with Crippen LogP contribution in [-0.4, -0.2) is 31.2 Å². The van der Waals surface area contributed by atoms with Crippen LogP contribution in [-0.2, 0) is 4.79 Å². The summed E-state index contributed by atoms with van der Waals surface area (Å²) >= 11 is 0. The smallest absolute Gasteiger partial charge is 0.239 e. The van der Waals surface area contributed by atoms with Crippen molar-refractivity contribution in [3.8, 4) is 0 Å². The molecule has 0 spiro atoms. The SMILES string of the molecule is CC(C)CNC(=O)CN(C)c1ccc(F)cc1[C@@H](C)O. The van der Waals surface area contributed by atoms with Crippen molar-refractivity contribution in [2.24, 2.45) is 5.92 Å². The van der Waals surface area contributed by atoms with Crippen LogP contribution in [0, 0.1) is 11.7 Å². The summed E-state index contributed by atoms with van der Waals surface area (Å²) in [6.07, 6.45) is -0.790. The Morgan fingerprint density at radius 2 is 2.05 bits per heavy atom. The number of rotatable bonds is 6. The molecule has 1 atom stereocenters. The van der Waals surface area contributed by atoms with Crippen molar-refractivity contribution in [1.29, 1.82) is 0 Å². The Labute approximate surface area is 119 Å². The number of anilines is 1. The molecule has 0 saturated heterocycles. The van der Waals surface area contributed by atoms with Crippen LogP contribution in [0.2, 0.25) is 0 Å². The first-order valence-electron chi connectivity index (χ1n) is 6.76. The van der Waals surface area contributed by atoms with Gasteiger partial charge >= 0.3 is 0 Å². The lowest BCUT2D eigenvalue weighted by molar-refractivity contribution is -0.119. The second-order valence-electron chi connectivity index (χ2n) is 5.43. The van der Waals surface area contributed by atoms with Crippen LogP contribution in [0.5, 0.6) is 0 Å². The number of hydrogen-bond acceptors (Lipinski definition) is 3. The Morgan fingerprint density at radius 3 is 2.60 bits per heavy atom. The van der Waals surface area contributed by atoms with E-state index in [1.807, 2.05) is 13.8 Å². The minimum Gasteiger partial charge on any atom is -0.389 e. The van der Waals surface area contributed by atoms with Crippen LogP contribution >= 0.6 is 0 Å². The van der Waals surface area contributed by atoms with Gasteiger partial charge in [-0.1, -0.05) is 13.8 Å². The van der Waals surface area contributed by atoms with Crippen LogP contribution in [0.25, 0.3) is 0 Å². The Morgan fingerprint density at radius 1 is 1.40 bits per heavy atom. The van der Waals surface area contributed by atoms with E-state index < -0.39 is 11.9 Å². The third-order valence-electron chi connectivity index (χ3n) is 2.94. The topological polar surface area (TPSA) is 52.6 Å². The van der Waals surface area contributed by atoms with Crippen molar-refractivity contribution in [2.75, 3.05) is 25.0 Å². The van der Waals surface area contributed by atoms with E-state index in [0.29, 0.717) is 23.7 Å². The summed E-state index contributed by atoms with van der Waals surface area (Å²) in [4.78, 5) is 13.5. The molecule has 0 heterocycles. The van der Waals surface area contributed by atoms with Crippen molar-refractivity contribution < 1.29 is 14.3 Å². The number of halogens is 1. The Bertz CT molecular complexity index is 461. The largest absolute Gasteiger partial charge is 0.389 e. The van der Waals surface area contributed by atoms with Crippen molar-refractivity contribution in [3.05, 3.63) is 29.6 Å². The molecular weight excluding hydrogens is 259 g/mol. The van der Waals surface area contributed by atoms with E-state index in [9.17, 15) is 14.3 Å². The summed E-state index contributed by atoms with van der Waals surface area (Å²) in [5.41, 5.74) is 1.13. The van der Waals surface area contributed by atoms with Gasteiger partial charge in [0.05, 0.1) is 12.6 Å². The highest BCUT2D eigenvalue weighted by Gasteiger charge is 2.15. The number of carbonyl (C=O) groups excluding carboxylic acids is 1. The zero-order chi connectivity index (χ0) is 15.3. The molecule has 1 rings (SSSR count). The van der Waals surface area contributed by atoms with E-state index >= 15 is 0 Å². The highest BCUT2D eigenvalue weighted by molar-refractivity contribution is 5.81. The van der Waals surface area contributed by atoms with Crippen molar-refractivity contribution >= 4 is 11.6 Å². The standard InChI is InChI=1S/C15H23FN2O2/c1-10(2)8-17-15(20)9-18(4)14-6-5-12(16)7-13(14)11(3)19/h5-7,10-11,19H,8-9H2,1-4H3,(H,17,20)/t11-/m1/s1. The lowest BCUT2D eigenvalue weighted by atomic mass is 10.1. The van der Waals surface area contributed by atoms with Gasteiger partial charge in [0.25, 0.3) is 0 Å². The summed E-state index contributed by atoms with van der Waals surface area (Å²) in [7, 11) is 1.74. The molecule has 1 aromatic carbocycles. The van der Waals surface area contributed by atoms with E-state index in [0.717, 1.165) is 0 Å². The first-order valence-corrected chi connectivity index (χ1v) is 6.76. The number of aliphatic hydroxyl groups is 1. The summed E-state index contributed by atoms with van der Waals surface area (Å²) in [5, 5.41) is 12.5. The normalized spacial score (nSPS) is 12.3. The van der Waals surface area contributed by atoms with Crippen LogP contribution in [0.3, 0.4) is 0 Å². The zero-order valence-electron chi connectivity index (χ0n) is 12.5. The maximum Gasteiger partial charge on any atom is 0.239 e. The minimum absolute atomic E-state index is 0.0953. The molecule has 0 aliphatic carbocycles. The van der Waals surface area contributed by atoms with Gasteiger partial charge < -0.3 is 15.3 Å². The number of carbonyl (C=O) groups is 1. The average Bonchev–Trinajstić information content (AvgIpc) is 2.35. The fraction of sp³-hybridized carbons (Fsp3) is 0.533. The van der Waals surface area contributed by atoms with Gasteiger partial charge in [0.15, 0.2) is 0 Å². The van der Waals surface area contributed by atoms with E-state index in [2.05, 4.69) is 5.32 Å². The van der Waals surface area contributed by atoms with Crippen molar-refractivity contribution in [2.45, 2.75) is 26.9 Å². The second-order valence-corrected chi connectivity index (χ2v) is 5.43. The third-order valence-corrected chi connectivity index (χ3v) is 2.94. The Balaban J connectivity index is 2.77. The van der Waals surface area contributed by atoms with Gasteiger partial charge in [-0.3, -0.25) is 4.79 Å². The average molecular weight is 282 g/mol. The highest BCUT2D eigenvalue weighted by Crippen LogP contribution is 2.26. The van der Waals surface area contributed by atoms with Gasteiger partial charge in [-0.2, -0.15) is 0 Å². The maximum absolute atomic E-state index is 13.2. The minimum atomic E-state index is -0.790. The van der Waals surface area contributed by atoms with Crippen LogP contribution in [0.4, 0.5) is 10.1 Å². The molecule has 0 fully saturated rings. The lowest BCUT2D eigenvalue weighted by Gasteiger charge is -2.23. The van der Waals surface area contributed by atoms with Crippen molar-refractivity contribution in [3.63, 3.8) is 0 Å². The van der Waals surface area contributed by atoms with Gasteiger partial charge in [0.1, 0.15) is 5.82 Å². The molecule has 0 aliphatic rings. The summed E-state index contributed by atoms with van der Waals surface area (Å²) in [5.74, 6) is -0.104. The zero-order valence-corrected chi connectivity index (χ0v) is 12.5. The van der Waals surface area contributed by atoms with Crippen molar-refractivity contribution in [1.82, 2.24) is 5.32 Å². The number of nitrogens with one attached hydrogen (secondary N) is 1. The third kappa shape index (κ3) is 4.81. The predicted octanol–water partition coefficient (Wildman–Crippen LogP) is 2.09. The molecule has 5 heteroatoms. The first kappa shape index (κ1) is 16.4. The molecule has 0 saturated carbocycles. The van der Waals surface area contributed by atoms with E-state index in [-0.39, 0.29) is 12.5 Å². The van der Waals surface area contributed by atoms with Gasteiger partial charge in [-0.25, -0.2) is 4.39 Å². The number of nitrogens with zero attached hydrogens (tertiary/aromatic N) is 1. The predicted molar refractivity (Wildman–Crippen MR) is 78.2 cm³/mol. The number of benzene rings is 1. The summed E-state index contributed by atoms with van der Waals surface area (Å²) in [6, 6.07) is 4.19. The number of aliphatic hydroxyl groups excluding tert-OH is 1. The molecular formula is C15H23FN2O2. The molecule has 0 radical (unpaired) electrons. The molecule has 2 N–H and O–H groups in total. The van der Waals surface area contributed by atoms with E-state index in [1.54, 1.807) is 24.9 Å². The lowest BCUT2D eigenvalue weighted by Crippen LogP contribution is -2.37. The quantitative estimate of drug-likeness (QED) is 0.840. The first-order chi connectivity index (χ1) is 9.31. The molecule has 1 amide bonds. The molecule has 0 aliphatic heterocycles. The molecule has 20 heavy (non-hydrogen) atoms. The molecule has 1 aromatic rings. The van der Waals surface area contributed by atoms with E-state index in [4.69, 9.17) is 0 Å². The Kier molecular flexibility index (Phi) is 5.95. The fourth-order valence-corrected chi connectivity index (χ4v) is 1.88. The van der Waals surface area contributed by atoms with Gasteiger partial charge in [-0.05, 0) is 31.0 Å². The number of likely N-dealkylation sites (N-methyl/N-ethyl adjacent to an activating group) is 1. The molecule has 112 valence electrons. The molecule has 0 bridgehead atoms. The number of hydrogen-bond donors (Lipinski definition) is 2. The molecule has 4 nitrogen and oxygen atoms in total. The monoisotopic (exact) mass is 282 g/mol. The van der Waals surface area contributed by atoms with E-state index in [1.165, 1.54) is 12.1 Å². The molecule has 0 unspecified atom stereocenters. The van der Waals surface area contributed by atoms with Gasteiger partial charge in [-0.15, -0.1) is 0 Å².